The van der Waals surface area contributed by atoms with Gasteiger partial charge in [-0.05, 0) is 31.6 Å². The molecule has 1 atom stereocenters. The van der Waals surface area contributed by atoms with Gasteiger partial charge in [0.05, 0.1) is 5.41 Å². The Bertz CT molecular complexity index is 288. The summed E-state index contributed by atoms with van der Waals surface area (Å²) in [5.74, 6) is 0.987. The highest BCUT2D eigenvalue weighted by atomic mass is 16.5. The standard InChI is InChI=1S/C14H26N2O2/c1-2-3-12-4-7-16(10-12)13(17)14(11-15)5-8-18-9-6-14/h12H,2-11,15H2,1H3. The van der Waals surface area contributed by atoms with E-state index in [1.807, 2.05) is 0 Å². The maximum atomic E-state index is 12.7. The Kier molecular flexibility index (Phi) is 4.62. The molecule has 104 valence electrons. The second kappa shape index (κ2) is 6.02. The highest BCUT2D eigenvalue weighted by molar-refractivity contribution is 5.83. The zero-order valence-corrected chi connectivity index (χ0v) is 11.5. The number of likely N-dealkylation sites (tertiary alicyclic amines) is 1. The fraction of sp³-hybridized carbons (Fsp3) is 0.929. The first-order valence-corrected chi connectivity index (χ1v) is 7.29. The lowest BCUT2D eigenvalue weighted by Gasteiger charge is -2.37. The van der Waals surface area contributed by atoms with E-state index in [1.54, 1.807) is 0 Å². The molecular formula is C14H26N2O2. The lowest BCUT2D eigenvalue weighted by Crippen LogP contribution is -2.50. The van der Waals surface area contributed by atoms with Crippen LogP contribution in [0, 0.1) is 11.3 Å². The summed E-state index contributed by atoms with van der Waals surface area (Å²) in [4.78, 5) is 14.7. The molecule has 4 nitrogen and oxygen atoms in total. The molecule has 2 fully saturated rings. The summed E-state index contributed by atoms with van der Waals surface area (Å²) in [6.45, 7) is 5.89. The first-order valence-electron chi connectivity index (χ1n) is 7.29. The van der Waals surface area contributed by atoms with E-state index < -0.39 is 0 Å². The van der Waals surface area contributed by atoms with Crippen molar-refractivity contribution in [1.29, 1.82) is 0 Å². The number of ether oxygens (including phenoxy) is 1. The zero-order chi connectivity index (χ0) is 13.0. The monoisotopic (exact) mass is 254 g/mol. The van der Waals surface area contributed by atoms with E-state index in [1.165, 1.54) is 12.8 Å². The van der Waals surface area contributed by atoms with Gasteiger partial charge >= 0.3 is 0 Å². The lowest BCUT2D eigenvalue weighted by molar-refractivity contribution is -0.146. The van der Waals surface area contributed by atoms with Gasteiger partial charge in [0.2, 0.25) is 5.91 Å². The Balaban J connectivity index is 1.97. The van der Waals surface area contributed by atoms with Crippen molar-refractivity contribution in [2.75, 3.05) is 32.8 Å². The summed E-state index contributed by atoms with van der Waals surface area (Å²) in [7, 11) is 0. The third-order valence-electron chi connectivity index (χ3n) is 4.56. The Hall–Kier alpha value is -0.610. The number of nitrogens with two attached hydrogens (primary N) is 1. The molecule has 1 unspecified atom stereocenters. The summed E-state index contributed by atoms with van der Waals surface area (Å²) in [5, 5.41) is 0. The molecule has 0 bridgehead atoms. The summed E-state index contributed by atoms with van der Waals surface area (Å²) in [6.07, 6.45) is 5.19. The van der Waals surface area contributed by atoms with Crippen molar-refractivity contribution < 1.29 is 9.53 Å². The third-order valence-corrected chi connectivity index (χ3v) is 4.56. The number of hydrogen-bond acceptors (Lipinski definition) is 3. The van der Waals surface area contributed by atoms with Crippen molar-refractivity contribution in [3.8, 4) is 0 Å². The van der Waals surface area contributed by atoms with Gasteiger partial charge in [-0.2, -0.15) is 0 Å². The molecule has 2 heterocycles. The Labute approximate surface area is 110 Å². The number of amides is 1. The van der Waals surface area contributed by atoms with E-state index in [-0.39, 0.29) is 11.3 Å². The van der Waals surface area contributed by atoms with Crippen molar-refractivity contribution in [3.63, 3.8) is 0 Å². The smallest absolute Gasteiger partial charge is 0.230 e. The Morgan fingerprint density at radius 1 is 1.44 bits per heavy atom. The molecule has 0 aromatic heterocycles. The zero-order valence-electron chi connectivity index (χ0n) is 11.5. The minimum Gasteiger partial charge on any atom is -0.381 e. The first kappa shape index (κ1) is 13.8. The van der Waals surface area contributed by atoms with E-state index in [0.29, 0.717) is 25.7 Å². The molecule has 0 radical (unpaired) electrons. The third kappa shape index (κ3) is 2.69. The van der Waals surface area contributed by atoms with Gasteiger partial charge < -0.3 is 15.4 Å². The van der Waals surface area contributed by atoms with Crippen LogP contribution in [0.5, 0.6) is 0 Å². The molecule has 0 aromatic carbocycles. The highest BCUT2D eigenvalue weighted by Gasteiger charge is 2.42. The molecule has 0 spiro atoms. The maximum absolute atomic E-state index is 12.7. The van der Waals surface area contributed by atoms with Crippen LogP contribution in [0.4, 0.5) is 0 Å². The second-order valence-corrected chi connectivity index (χ2v) is 5.79. The summed E-state index contributed by atoms with van der Waals surface area (Å²) < 4.78 is 5.37. The van der Waals surface area contributed by atoms with Gasteiger partial charge in [-0.15, -0.1) is 0 Å². The first-order chi connectivity index (χ1) is 8.72. The van der Waals surface area contributed by atoms with Crippen LogP contribution >= 0.6 is 0 Å². The average molecular weight is 254 g/mol. The fourth-order valence-corrected chi connectivity index (χ4v) is 3.26. The van der Waals surface area contributed by atoms with Crippen LogP contribution in [-0.4, -0.2) is 43.7 Å². The van der Waals surface area contributed by atoms with Gasteiger partial charge in [0.1, 0.15) is 0 Å². The van der Waals surface area contributed by atoms with Crippen LogP contribution in [0.25, 0.3) is 0 Å². The van der Waals surface area contributed by atoms with Gasteiger partial charge in [0.15, 0.2) is 0 Å². The molecule has 2 N–H and O–H groups in total. The van der Waals surface area contributed by atoms with E-state index in [9.17, 15) is 4.79 Å². The molecule has 0 aliphatic carbocycles. The van der Waals surface area contributed by atoms with Gasteiger partial charge in [0, 0.05) is 32.8 Å². The van der Waals surface area contributed by atoms with Crippen LogP contribution in [-0.2, 0) is 9.53 Å². The topological polar surface area (TPSA) is 55.6 Å². The van der Waals surface area contributed by atoms with Crippen LogP contribution in [0.3, 0.4) is 0 Å². The molecule has 2 aliphatic heterocycles. The molecule has 1 amide bonds. The van der Waals surface area contributed by atoms with E-state index in [4.69, 9.17) is 10.5 Å². The normalized spacial score (nSPS) is 27.4. The van der Waals surface area contributed by atoms with Crippen molar-refractivity contribution in [3.05, 3.63) is 0 Å². The number of hydrogen-bond donors (Lipinski definition) is 1. The second-order valence-electron chi connectivity index (χ2n) is 5.79. The SMILES string of the molecule is CCCC1CCN(C(=O)C2(CN)CCOCC2)C1. The number of rotatable bonds is 4. The van der Waals surface area contributed by atoms with Gasteiger partial charge in [-0.1, -0.05) is 13.3 Å². The van der Waals surface area contributed by atoms with Gasteiger partial charge in [-0.3, -0.25) is 4.79 Å². The van der Waals surface area contributed by atoms with Crippen LogP contribution in [0.1, 0.15) is 39.0 Å². The van der Waals surface area contributed by atoms with E-state index in [0.717, 1.165) is 32.4 Å². The fourth-order valence-electron chi connectivity index (χ4n) is 3.26. The summed E-state index contributed by atoms with van der Waals surface area (Å²) in [6, 6.07) is 0. The summed E-state index contributed by atoms with van der Waals surface area (Å²) >= 11 is 0. The summed E-state index contributed by atoms with van der Waals surface area (Å²) in [5.41, 5.74) is 5.56. The molecule has 2 aliphatic rings. The Morgan fingerprint density at radius 3 is 2.78 bits per heavy atom. The van der Waals surface area contributed by atoms with Crippen LogP contribution < -0.4 is 5.73 Å². The lowest BCUT2D eigenvalue weighted by atomic mass is 9.79. The number of carbonyl (C=O) groups is 1. The maximum Gasteiger partial charge on any atom is 0.230 e. The van der Waals surface area contributed by atoms with Gasteiger partial charge in [0.25, 0.3) is 0 Å². The highest BCUT2D eigenvalue weighted by Crippen LogP contribution is 2.34. The quantitative estimate of drug-likeness (QED) is 0.825. The average Bonchev–Trinajstić information content (AvgIpc) is 2.87. The largest absolute Gasteiger partial charge is 0.381 e. The molecule has 0 saturated carbocycles. The molecule has 0 aromatic rings. The molecule has 2 saturated heterocycles. The number of carbonyl (C=O) groups excluding carboxylic acids is 1. The molecule has 2 rings (SSSR count). The minimum atomic E-state index is -0.334. The van der Waals surface area contributed by atoms with Crippen LogP contribution in [0.15, 0.2) is 0 Å². The van der Waals surface area contributed by atoms with Crippen molar-refractivity contribution >= 4 is 5.91 Å². The van der Waals surface area contributed by atoms with Gasteiger partial charge in [-0.25, -0.2) is 0 Å². The van der Waals surface area contributed by atoms with E-state index >= 15 is 0 Å². The predicted molar refractivity (Wildman–Crippen MR) is 71.1 cm³/mol. The molecular weight excluding hydrogens is 228 g/mol. The van der Waals surface area contributed by atoms with Crippen LogP contribution in [0.2, 0.25) is 0 Å². The van der Waals surface area contributed by atoms with Crippen molar-refractivity contribution in [2.45, 2.75) is 39.0 Å². The predicted octanol–water partition coefficient (Wildman–Crippen LogP) is 1.39. The number of nitrogens with zero attached hydrogens (tertiary/aromatic N) is 1. The van der Waals surface area contributed by atoms with E-state index in [2.05, 4.69) is 11.8 Å². The molecule has 4 heteroatoms. The van der Waals surface area contributed by atoms with Crippen molar-refractivity contribution in [1.82, 2.24) is 4.90 Å². The Morgan fingerprint density at radius 2 is 2.17 bits per heavy atom. The minimum absolute atomic E-state index is 0.284. The van der Waals surface area contributed by atoms with Crippen molar-refractivity contribution in [2.24, 2.45) is 17.1 Å². The molecule has 18 heavy (non-hydrogen) atoms.